The summed E-state index contributed by atoms with van der Waals surface area (Å²) in [5, 5.41) is 14.2. The lowest BCUT2D eigenvalue weighted by molar-refractivity contribution is 1.16. The lowest BCUT2D eigenvalue weighted by atomic mass is 9.94. The average Bonchev–Trinajstić information content (AvgIpc) is 1.55. The number of aromatic nitrogens is 16. The van der Waals surface area contributed by atoms with Crippen LogP contribution in [0.3, 0.4) is 0 Å². The third kappa shape index (κ3) is 10.2. The maximum Gasteiger partial charge on any atom is 0.148 e. The summed E-state index contributed by atoms with van der Waals surface area (Å²) in [5.74, 6) is 0. The van der Waals surface area contributed by atoms with Gasteiger partial charge >= 0.3 is 0 Å². The highest BCUT2D eigenvalue weighted by Crippen LogP contribution is 2.57. The molecule has 16 aromatic heterocycles. The molecule has 16 nitrogen and oxygen atoms in total. The molecule has 0 amide bonds. The fraction of sp³-hybridized carbons (Fsp3) is 0.0645. The van der Waals surface area contributed by atoms with E-state index in [9.17, 15) is 0 Å². The first-order chi connectivity index (χ1) is 69.4. The van der Waals surface area contributed by atoms with Gasteiger partial charge in [0.05, 0.1) is 68.9 Å². The van der Waals surface area contributed by atoms with Crippen LogP contribution in [-0.2, 0) is 51.4 Å². The molecule has 8 aliphatic rings. The number of hydrogen-bond acceptors (Lipinski definition) is 12. The van der Waals surface area contributed by atoms with E-state index in [2.05, 4.69) is 256 Å². The normalized spacial score (nSPS) is 13.5. The van der Waals surface area contributed by atoms with Crippen molar-refractivity contribution in [1.29, 1.82) is 0 Å². The molecule has 36 rings (SSSR count). The molecule has 8 aliphatic carbocycles. The summed E-state index contributed by atoms with van der Waals surface area (Å²) in [6.07, 6.45) is 30.2. The molecule has 0 N–H and O–H groups in total. The summed E-state index contributed by atoms with van der Waals surface area (Å²) in [7, 11) is 0. The highest BCUT2D eigenvalue weighted by atomic mass is 15.1. The highest BCUT2D eigenvalue weighted by Gasteiger charge is 2.37. The second kappa shape index (κ2) is 27.7. The van der Waals surface area contributed by atoms with E-state index in [1.54, 1.807) is 0 Å². The van der Waals surface area contributed by atoms with Crippen molar-refractivity contribution in [3.05, 3.63) is 430 Å². The monoisotopic (exact) mass is 1780 g/mol. The molecular formula is C124H72N16. The first kappa shape index (κ1) is 75.1. The third-order valence-corrected chi connectivity index (χ3v) is 31.8. The molecule has 0 fully saturated rings. The number of pyridine rings is 12. The molecule has 648 valence electrons. The van der Waals surface area contributed by atoms with E-state index in [0.717, 1.165) is 162 Å². The Hall–Kier alpha value is -18.3. The Morgan fingerprint density at radius 2 is 0.464 bits per heavy atom. The molecule has 0 atom stereocenters. The van der Waals surface area contributed by atoms with Crippen LogP contribution in [-0.4, -0.2) is 77.4 Å². The van der Waals surface area contributed by atoms with Crippen molar-refractivity contribution in [2.75, 3.05) is 0 Å². The molecule has 12 aromatic carbocycles. The fourth-order valence-electron chi connectivity index (χ4n) is 26.0. The largest absolute Gasteiger partial charge is 0.274 e. The molecule has 0 aliphatic heterocycles. The van der Waals surface area contributed by atoms with Gasteiger partial charge in [-0.15, -0.1) is 0 Å². The zero-order valence-electron chi connectivity index (χ0n) is 75.1. The van der Waals surface area contributed by atoms with Crippen molar-refractivity contribution in [2.45, 2.75) is 51.4 Å². The average molecular weight is 1790 g/mol. The van der Waals surface area contributed by atoms with Crippen LogP contribution < -0.4 is 0 Å². The van der Waals surface area contributed by atoms with E-state index < -0.39 is 0 Å². The van der Waals surface area contributed by atoms with Gasteiger partial charge in [0.1, 0.15) is 45.2 Å². The summed E-state index contributed by atoms with van der Waals surface area (Å²) >= 11 is 0. The first-order valence-corrected chi connectivity index (χ1v) is 48.2. The van der Waals surface area contributed by atoms with Crippen LogP contribution in [0.25, 0.3) is 243 Å². The number of rotatable bonds is 0. The van der Waals surface area contributed by atoms with E-state index in [1.807, 2.05) is 123 Å². The van der Waals surface area contributed by atoms with Crippen molar-refractivity contribution in [3.63, 3.8) is 0 Å². The molecule has 0 unspecified atom stereocenters. The zero-order valence-corrected chi connectivity index (χ0v) is 75.1. The lowest BCUT2D eigenvalue weighted by Gasteiger charge is -2.13. The van der Waals surface area contributed by atoms with Gasteiger partial charge in [-0.1, -0.05) is 176 Å². The standard InChI is InChI=1S/4C31H18N4/c1-2-5-20-17(4-1)14-18-7-10-22-24(27(18)20)15-19-8-9-21-23-6-3-12-33-30(23)35-26-16-32-13-11-25(26)34-31(35)29(21)28(19)22;1-2-5-19-17(4-1)14-24-20(19)9-10-22-25(24)15-18-7-8-21-23-6-3-12-33-30(23)35-27-16-32-13-11-26(27)34-31(35)29(21)28(18)22;1-2-5-21-17(4-1)12-19-15-25-20(14-24(19)21)13-18-7-8-22-23-6-3-10-33-30(23)35-27-16-32-11-9-26(27)34-31(35)29(22)28(18)25;1-2-5-21-17(4-1)12-19-14-20-13-18-7-8-22-23-6-3-10-33-30(23)35-27-16-32-11-9-26(27)34-31(35)29(22)28(18)25(20)15-24(19)21/h2*1-13,16H,14-15H2;2*1-11,14-16H,12-13H2. The van der Waals surface area contributed by atoms with Crippen LogP contribution >= 0.6 is 0 Å². The van der Waals surface area contributed by atoms with E-state index >= 15 is 0 Å². The maximum atomic E-state index is 5.14. The summed E-state index contributed by atoms with van der Waals surface area (Å²) in [6.45, 7) is 0. The minimum atomic E-state index is 0.923. The van der Waals surface area contributed by atoms with Crippen molar-refractivity contribution < 1.29 is 0 Å². The Kier molecular flexibility index (Phi) is 14.9. The number of fused-ring (bicyclic) bond motifs is 62. The van der Waals surface area contributed by atoms with Gasteiger partial charge in [-0.25, -0.2) is 39.9 Å². The van der Waals surface area contributed by atoms with Crippen LogP contribution in [0.1, 0.15) is 89.0 Å². The van der Waals surface area contributed by atoms with Crippen LogP contribution in [0, 0.1) is 0 Å². The molecule has 0 radical (unpaired) electrons. The Morgan fingerprint density at radius 3 is 0.921 bits per heavy atom. The van der Waals surface area contributed by atoms with E-state index in [-0.39, 0.29) is 0 Å². The Morgan fingerprint density at radius 1 is 0.171 bits per heavy atom. The molecule has 28 aromatic rings. The maximum absolute atomic E-state index is 5.14. The van der Waals surface area contributed by atoms with Gasteiger partial charge in [-0.2, -0.15) is 0 Å². The smallest absolute Gasteiger partial charge is 0.148 e. The van der Waals surface area contributed by atoms with Gasteiger partial charge in [0.15, 0.2) is 0 Å². The van der Waals surface area contributed by atoms with Crippen molar-refractivity contribution in [1.82, 2.24) is 77.4 Å². The fourth-order valence-corrected chi connectivity index (χ4v) is 26.0. The SMILES string of the molecule is c1ccc2c(c1)Cc1c-2ccc2c1Cc1ccc3c4cccnc4n4c5cnccc5nc4c3c1-2.c1ccc2c(c1)Cc1cc3c(cc1-2)-c1c(ccc2c4cccnc4n4c5cnccc5nc4c12)C3.c1ccc2c(c1)Cc1cc3c(cc1-2)Cc1ccc2c4cccnc4n4c5cnccc5nc4c2c1-3.c1ccc2c(c1)Cc1ccc3c(c1-2)Cc1ccc2c4cccnc4n4c5cnccc5nc4c2c1-3. The van der Waals surface area contributed by atoms with Crippen LogP contribution in [0.5, 0.6) is 0 Å². The van der Waals surface area contributed by atoms with Gasteiger partial charge in [-0.3, -0.25) is 37.5 Å². The van der Waals surface area contributed by atoms with Gasteiger partial charge in [0.2, 0.25) is 0 Å². The summed E-state index contributed by atoms with van der Waals surface area (Å²) in [5.41, 5.74) is 59.9. The topological polar surface area (TPSA) is 172 Å². The van der Waals surface area contributed by atoms with Gasteiger partial charge in [-0.05, 0) is 342 Å². The number of imidazole rings is 4. The van der Waals surface area contributed by atoms with Crippen LogP contribution in [0.15, 0.2) is 341 Å². The number of nitrogens with zero attached hydrogens (tertiary/aromatic N) is 16. The molecule has 0 spiro atoms. The second-order valence-electron chi connectivity index (χ2n) is 38.7. The molecular weight excluding hydrogens is 1710 g/mol. The molecule has 0 saturated carbocycles. The van der Waals surface area contributed by atoms with Gasteiger partial charge < -0.3 is 0 Å². The summed E-state index contributed by atoms with van der Waals surface area (Å²) < 4.78 is 8.78. The van der Waals surface area contributed by atoms with Crippen molar-refractivity contribution in [2.24, 2.45) is 0 Å². The third-order valence-electron chi connectivity index (χ3n) is 31.8. The highest BCUT2D eigenvalue weighted by molar-refractivity contribution is 6.24. The predicted octanol–water partition coefficient (Wildman–Crippen LogP) is 26.9. The van der Waals surface area contributed by atoms with E-state index in [1.165, 1.54) is 221 Å². The van der Waals surface area contributed by atoms with Crippen LogP contribution in [0.2, 0.25) is 0 Å². The molecule has 0 saturated heterocycles. The zero-order chi connectivity index (χ0) is 90.7. The first-order valence-electron chi connectivity index (χ1n) is 48.2. The minimum absolute atomic E-state index is 0.923. The minimum Gasteiger partial charge on any atom is -0.274 e. The molecule has 16 heterocycles. The Balaban J connectivity index is 0.0000000829. The second-order valence-corrected chi connectivity index (χ2v) is 38.7. The number of benzene rings is 12. The van der Waals surface area contributed by atoms with Crippen LogP contribution in [0.4, 0.5) is 0 Å². The van der Waals surface area contributed by atoms with E-state index in [0.29, 0.717) is 0 Å². The lowest BCUT2D eigenvalue weighted by Crippen LogP contribution is -1.96. The predicted molar refractivity (Wildman–Crippen MR) is 559 cm³/mol. The van der Waals surface area contributed by atoms with Crippen molar-refractivity contribution in [3.8, 4) is 89.0 Å². The summed E-state index contributed by atoms with van der Waals surface area (Å²) in [4.78, 5) is 57.3. The summed E-state index contributed by atoms with van der Waals surface area (Å²) in [6, 6.07) is 97.6. The van der Waals surface area contributed by atoms with Gasteiger partial charge in [0, 0.05) is 92.7 Å². The van der Waals surface area contributed by atoms with Crippen molar-refractivity contribution >= 4 is 154 Å². The number of hydrogen-bond donors (Lipinski definition) is 0. The quantitative estimate of drug-likeness (QED) is 0.132. The van der Waals surface area contributed by atoms with Gasteiger partial charge in [0.25, 0.3) is 0 Å². The Bertz CT molecular complexity index is 10300. The van der Waals surface area contributed by atoms with E-state index in [4.69, 9.17) is 39.9 Å². The molecule has 140 heavy (non-hydrogen) atoms. The Labute approximate surface area is 796 Å². The molecule has 16 heteroatoms. The molecule has 0 bridgehead atoms.